The lowest BCUT2D eigenvalue weighted by Gasteiger charge is -2.06. The first-order valence-electron chi connectivity index (χ1n) is 6.25. The maximum Gasteiger partial charge on any atom is 0.323 e. The summed E-state index contributed by atoms with van der Waals surface area (Å²) in [5.74, 6) is 0.515. The van der Waals surface area contributed by atoms with Gasteiger partial charge in [0, 0.05) is 24.5 Å². The molecule has 0 bridgehead atoms. The number of allylic oxidation sites excluding steroid dienone is 1. The molecule has 5 nitrogen and oxygen atoms in total. The van der Waals surface area contributed by atoms with Gasteiger partial charge < -0.3 is 16.0 Å². The minimum atomic E-state index is -0.274. The Morgan fingerprint density at radius 1 is 1.11 bits per heavy atom. The van der Waals surface area contributed by atoms with E-state index in [-0.39, 0.29) is 11.9 Å². The van der Waals surface area contributed by atoms with Crippen molar-refractivity contribution in [3.8, 4) is 0 Å². The standard InChI is InChI=1S/C14H17N3O2/c1-10(18)16-12-4-6-13(7-5-12)17-14(19)15-9-8-11-2-3-11/h4-9,11H,2-3H2,1H3,(H,16,18)(H2,15,17,19)/b9-8+. The van der Waals surface area contributed by atoms with Gasteiger partial charge in [0.2, 0.25) is 5.91 Å². The molecule has 3 N–H and O–H groups in total. The van der Waals surface area contributed by atoms with Crippen molar-refractivity contribution in [2.24, 2.45) is 5.92 Å². The number of hydrogen-bond donors (Lipinski definition) is 3. The predicted molar refractivity (Wildman–Crippen MR) is 74.8 cm³/mol. The van der Waals surface area contributed by atoms with E-state index in [4.69, 9.17) is 0 Å². The Bertz CT molecular complexity index is 490. The van der Waals surface area contributed by atoms with E-state index >= 15 is 0 Å². The molecule has 0 radical (unpaired) electrons. The third-order valence-electron chi connectivity index (χ3n) is 2.67. The summed E-state index contributed by atoms with van der Waals surface area (Å²) >= 11 is 0. The highest BCUT2D eigenvalue weighted by Gasteiger charge is 2.16. The first-order chi connectivity index (χ1) is 9.13. The second-order valence-electron chi connectivity index (χ2n) is 4.55. The lowest BCUT2D eigenvalue weighted by atomic mass is 10.3. The molecule has 0 spiro atoms. The summed E-state index contributed by atoms with van der Waals surface area (Å²) in [5.41, 5.74) is 1.37. The lowest BCUT2D eigenvalue weighted by Crippen LogP contribution is -2.23. The largest absolute Gasteiger partial charge is 0.326 e. The van der Waals surface area contributed by atoms with Gasteiger partial charge >= 0.3 is 6.03 Å². The number of anilines is 2. The van der Waals surface area contributed by atoms with E-state index in [2.05, 4.69) is 16.0 Å². The van der Waals surface area contributed by atoms with Crippen LogP contribution < -0.4 is 16.0 Å². The van der Waals surface area contributed by atoms with Crippen molar-refractivity contribution in [3.05, 3.63) is 36.5 Å². The highest BCUT2D eigenvalue weighted by molar-refractivity contribution is 5.91. The zero-order valence-electron chi connectivity index (χ0n) is 10.8. The molecule has 5 heteroatoms. The summed E-state index contributed by atoms with van der Waals surface area (Å²) in [6.45, 7) is 1.45. The molecular formula is C14H17N3O2. The minimum Gasteiger partial charge on any atom is -0.326 e. The molecule has 1 aliphatic rings. The second-order valence-corrected chi connectivity index (χ2v) is 4.55. The number of hydrogen-bond acceptors (Lipinski definition) is 2. The van der Waals surface area contributed by atoms with Crippen molar-refractivity contribution in [2.75, 3.05) is 10.6 Å². The summed E-state index contributed by atoms with van der Waals surface area (Å²) in [6, 6.07) is 6.66. The third-order valence-corrected chi connectivity index (χ3v) is 2.67. The highest BCUT2D eigenvalue weighted by atomic mass is 16.2. The summed E-state index contributed by atoms with van der Waals surface area (Å²) in [6.07, 6.45) is 6.10. The van der Waals surface area contributed by atoms with Crippen LogP contribution in [0.4, 0.5) is 16.2 Å². The third kappa shape index (κ3) is 4.83. The molecule has 19 heavy (non-hydrogen) atoms. The number of benzene rings is 1. The van der Waals surface area contributed by atoms with Gasteiger partial charge in [0.05, 0.1) is 0 Å². The Morgan fingerprint density at radius 2 is 1.68 bits per heavy atom. The molecule has 2 rings (SSSR count). The van der Waals surface area contributed by atoms with Crippen molar-refractivity contribution in [3.63, 3.8) is 0 Å². The van der Waals surface area contributed by atoms with Crippen LogP contribution in [0, 0.1) is 5.92 Å². The zero-order valence-corrected chi connectivity index (χ0v) is 10.8. The maximum atomic E-state index is 11.5. The average Bonchev–Trinajstić information content (AvgIpc) is 3.15. The van der Waals surface area contributed by atoms with E-state index in [1.807, 2.05) is 6.08 Å². The molecular weight excluding hydrogens is 242 g/mol. The van der Waals surface area contributed by atoms with E-state index in [1.54, 1.807) is 30.5 Å². The zero-order chi connectivity index (χ0) is 13.7. The normalized spacial score (nSPS) is 14.2. The van der Waals surface area contributed by atoms with Crippen LogP contribution in [0.1, 0.15) is 19.8 Å². The van der Waals surface area contributed by atoms with Gasteiger partial charge in [-0.2, -0.15) is 0 Å². The molecule has 0 heterocycles. The first-order valence-corrected chi connectivity index (χ1v) is 6.25. The van der Waals surface area contributed by atoms with Gasteiger partial charge in [-0.25, -0.2) is 4.79 Å². The fourth-order valence-electron chi connectivity index (χ4n) is 1.56. The van der Waals surface area contributed by atoms with Crippen molar-refractivity contribution >= 4 is 23.3 Å². The van der Waals surface area contributed by atoms with Crippen LogP contribution in [0.3, 0.4) is 0 Å². The molecule has 1 aliphatic carbocycles. The molecule has 1 saturated carbocycles. The molecule has 0 aromatic heterocycles. The minimum absolute atomic E-state index is 0.122. The van der Waals surface area contributed by atoms with E-state index in [0.29, 0.717) is 17.3 Å². The molecule has 3 amide bonds. The molecule has 100 valence electrons. The maximum absolute atomic E-state index is 11.5. The molecule has 1 fully saturated rings. The Balaban J connectivity index is 1.80. The Hall–Kier alpha value is -2.30. The van der Waals surface area contributed by atoms with Gasteiger partial charge in [-0.15, -0.1) is 0 Å². The van der Waals surface area contributed by atoms with Gasteiger partial charge in [0.25, 0.3) is 0 Å². The van der Waals surface area contributed by atoms with Gasteiger partial charge in [0.15, 0.2) is 0 Å². The van der Waals surface area contributed by atoms with Crippen LogP contribution >= 0.6 is 0 Å². The topological polar surface area (TPSA) is 70.2 Å². The average molecular weight is 259 g/mol. The van der Waals surface area contributed by atoms with Crippen molar-refractivity contribution in [1.29, 1.82) is 0 Å². The van der Waals surface area contributed by atoms with Crippen molar-refractivity contribution in [1.82, 2.24) is 5.32 Å². The SMILES string of the molecule is CC(=O)Nc1ccc(NC(=O)N/C=C/C2CC2)cc1. The number of carbonyl (C=O) groups is 2. The Labute approximate surface area is 112 Å². The number of nitrogens with one attached hydrogen (secondary N) is 3. The molecule has 0 saturated heterocycles. The molecule has 1 aromatic carbocycles. The number of carbonyl (C=O) groups excluding carboxylic acids is 2. The van der Waals surface area contributed by atoms with Gasteiger partial charge in [-0.3, -0.25) is 4.79 Å². The van der Waals surface area contributed by atoms with E-state index in [0.717, 1.165) is 0 Å². The number of urea groups is 1. The second kappa shape index (κ2) is 6.04. The fraction of sp³-hybridized carbons (Fsp3) is 0.286. The molecule has 1 aromatic rings. The van der Waals surface area contributed by atoms with E-state index in [9.17, 15) is 9.59 Å². The van der Waals surface area contributed by atoms with Crippen LogP contribution in [-0.4, -0.2) is 11.9 Å². The van der Waals surface area contributed by atoms with E-state index < -0.39 is 0 Å². The van der Waals surface area contributed by atoms with Crippen molar-refractivity contribution < 1.29 is 9.59 Å². The van der Waals surface area contributed by atoms with Gasteiger partial charge in [0.1, 0.15) is 0 Å². The monoisotopic (exact) mass is 259 g/mol. The Morgan fingerprint density at radius 3 is 2.21 bits per heavy atom. The van der Waals surface area contributed by atoms with Crippen LogP contribution in [-0.2, 0) is 4.79 Å². The summed E-state index contributed by atoms with van der Waals surface area (Å²) < 4.78 is 0. The summed E-state index contributed by atoms with van der Waals surface area (Å²) in [7, 11) is 0. The number of rotatable bonds is 4. The molecule has 0 unspecified atom stereocenters. The number of amides is 3. The Kier molecular flexibility index (Phi) is 4.18. The molecule has 0 aliphatic heterocycles. The highest BCUT2D eigenvalue weighted by Crippen LogP contribution is 2.29. The van der Waals surface area contributed by atoms with Crippen LogP contribution in [0.5, 0.6) is 0 Å². The van der Waals surface area contributed by atoms with E-state index in [1.165, 1.54) is 19.8 Å². The lowest BCUT2D eigenvalue weighted by molar-refractivity contribution is -0.114. The van der Waals surface area contributed by atoms with Crippen LogP contribution in [0.15, 0.2) is 36.5 Å². The van der Waals surface area contributed by atoms with Crippen molar-refractivity contribution in [2.45, 2.75) is 19.8 Å². The quantitative estimate of drug-likeness (QED) is 0.778. The van der Waals surface area contributed by atoms with Gasteiger partial charge in [-0.1, -0.05) is 6.08 Å². The predicted octanol–water partition coefficient (Wildman–Crippen LogP) is 2.69. The molecule has 0 atom stereocenters. The fourth-order valence-corrected chi connectivity index (χ4v) is 1.56. The summed E-state index contributed by atoms with van der Waals surface area (Å²) in [5, 5.41) is 8.01. The van der Waals surface area contributed by atoms with Crippen LogP contribution in [0.2, 0.25) is 0 Å². The first kappa shape index (κ1) is 13.1. The van der Waals surface area contributed by atoms with Crippen LogP contribution in [0.25, 0.3) is 0 Å². The smallest absolute Gasteiger partial charge is 0.323 e. The van der Waals surface area contributed by atoms with Gasteiger partial charge in [-0.05, 0) is 43.0 Å². The summed E-state index contributed by atoms with van der Waals surface area (Å²) in [4.78, 5) is 22.4.